The van der Waals surface area contributed by atoms with Gasteiger partial charge in [-0.1, -0.05) is 13.5 Å². The predicted molar refractivity (Wildman–Crippen MR) is 48.1 cm³/mol. The second-order valence-electron chi connectivity index (χ2n) is 1.47. The van der Waals surface area contributed by atoms with Gasteiger partial charge in [0.1, 0.15) is 0 Å². The Balaban J connectivity index is -0.0000000321. The summed E-state index contributed by atoms with van der Waals surface area (Å²) in [5, 5.41) is 7.72. The standard InChI is InChI=1S/C4H6O2.C3H6O2.Mg.2H/c1-3-4(5)6-2;1-2-3(4)5;;;/h3H,1H2,2H3;2H2,1H3,(H,4,5);;;/q;;+2;2*-1. The average molecular weight is 186 g/mol. The summed E-state index contributed by atoms with van der Waals surface area (Å²) in [5.41, 5.74) is 0. The fourth-order valence-electron chi connectivity index (χ4n) is 0.0833. The van der Waals surface area contributed by atoms with Gasteiger partial charge >= 0.3 is 35.0 Å². The van der Waals surface area contributed by atoms with Crippen molar-refractivity contribution >= 4 is 35.0 Å². The van der Waals surface area contributed by atoms with Crippen LogP contribution in [0.25, 0.3) is 0 Å². The molecule has 4 nitrogen and oxygen atoms in total. The fourth-order valence-corrected chi connectivity index (χ4v) is 0.0833. The van der Waals surface area contributed by atoms with E-state index in [1.807, 2.05) is 0 Å². The van der Waals surface area contributed by atoms with Gasteiger partial charge in [-0.15, -0.1) is 0 Å². The van der Waals surface area contributed by atoms with E-state index in [1.54, 1.807) is 6.92 Å². The molecular weight excluding hydrogens is 172 g/mol. The number of carbonyl (C=O) groups excluding carboxylic acids is 1. The second kappa shape index (κ2) is 13.1. The van der Waals surface area contributed by atoms with Crippen LogP contribution < -0.4 is 0 Å². The van der Waals surface area contributed by atoms with Gasteiger partial charge in [-0.2, -0.15) is 0 Å². The normalized spacial score (nSPS) is 6.50. The molecule has 68 valence electrons. The Morgan fingerprint density at radius 3 is 2.00 bits per heavy atom. The summed E-state index contributed by atoms with van der Waals surface area (Å²) < 4.78 is 4.14. The van der Waals surface area contributed by atoms with E-state index in [0.29, 0.717) is 0 Å². The predicted octanol–water partition coefficient (Wildman–Crippen LogP) is 0.671. The third-order valence-corrected chi connectivity index (χ3v) is 0.670. The number of esters is 1. The van der Waals surface area contributed by atoms with Gasteiger partial charge in [0.15, 0.2) is 0 Å². The van der Waals surface area contributed by atoms with Crippen molar-refractivity contribution in [2.45, 2.75) is 13.3 Å². The first-order chi connectivity index (χ1) is 5.08. The van der Waals surface area contributed by atoms with Gasteiger partial charge in [0.25, 0.3) is 0 Å². The Labute approximate surface area is 90.7 Å². The first kappa shape index (κ1) is 17.5. The van der Waals surface area contributed by atoms with Gasteiger partial charge in [-0.3, -0.25) is 4.79 Å². The van der Waals surface area contributed by atoms with E-state index in [0.717, 1.165) is 6.08 Å². The van der Waals surface area contributed by atoms with Crippen molar-refractivity contribution in [2.24, 2.45) is 0 Å². The molecule has 0 aromatic heterocycles. The number of carboxylic acid groups (broad SMARTS) is 1. The molecule has 0 aromatic rings. The van der Waals surface area contributed by atoms with Crippen LogP contribution in [0.3, 0.4) is 0 Å². The van der Waals surface area contributed by atoms with Gasteiger partial charge < -0.3 is 12.7 Å². The van der Waals surface area contributed by atoms with Crippen LogP contribution in [0.2, 0.25) is 0 Å². The summed E-state index contributed by atoms with van der Waals surface area (Å²) in [4.78, 5) is 19.2. The minimum atomic E-state index is -0.745. The molecule has 12 heavy (non-hydrogen) atoms. The van der Waals surface area contributed by atoms with Gasteiger partial charge in [0.05, 0.1) is 7.11 Å². The SMILES string of the molecule is C=CC(=O)OC.CCC(=O)O.[H-].[H-].[Mg+2]. The van der Waals surface area contributed by atoms with Crippen molar-refractivity contribution < 1.29 is 22.3 Å². The van der Waals surface area contributed by atoms with E-state index in [1.165, 1.54) is 7.11 Å². The first-order valence-corrected chi connectivity index (χ1v) is 3.00. The third kappa shape index (κ3) is 22.7. The van der Waals surface area contributed by atoms with E-state index in [9.17, 15) is 9.59 Å². The molecule has 0 amide bonds. The zero-order valence-electron chi connectivity index (χ0n) is 9.37. The molecule has 0 aliphatic carbocycles. The first-order valence-electron chi connectivity index (χ1n) is 3.00. The molecule has 0 bridgehead atoms. The van der Waals surface area contributed by atoms with Crippen LogP contribution >= 0.6 is 0 Å². The molecule has 1 N–H and O–H groups in total. The minimum absolute atomic E-state index is 0. The summed E-state index contributed by atoms with van der Waals surface area (Å²) in [5.74, 6) is -1.14. The molecule has 0 unspecified atom stereocenters. The summed E-state index contributed by atoms with van der Waals surface area (Å²) in [7, 11) is 1.31. The quantitative estimate of drug-likeness (QED) is 0.391. The third-order valence-electron chi connectivity index (χ3n) is 0.670. The molecule has 0 saturated heterocycles. The van der Waals surface area contributed by atoms with E-state index in [2.05, 4.69) is 11.3 Å². The number of hydrogen-bond acceptors (Lipinski definition) is 3. The molecule has 0 spiro atoms. The molecule has 0 aliphatic heterocycles. The van der Waals surface area contributed by atoms with Crippen LogP contribution in [0.5, 0.6) is 0 Å². The Bertz CT molecular complexity index is 153. The van der Waals surface area contributed by atoms with E-state index in [4.69, 9.17) is 5.11 Å². The van der Waals surface area contributed by atoms with Crippen molar-refractivity contribution in [3.8, 4) is 0 Å². The maximum Gasteiger partial charge on any atom is 2.00 e. The smallest absolute Gasteiger partial charge is 1.00 e. The van der Waals surface area contributed by atoms with Crippen molar-refractivity contribution in [3.63, 3.8) is 0 Å². The molecule has 0 radical (unpaired) electrons. The largest absolute Gasteiger partial charge is 2.00 e. The molecule has 0 aromatic carbocycles. The number of carboxylic acids is 1. The van der Waals surface area contributed by atoms with Gasteiger partial charge in [0.2, 0.25) is 0 Å². The van der Waals surface area contributed by atoms with Crippen LogP contribution in [-0.2, 0) is 14.3 Å². The molecule has 0 atom stereocenters. The molecule has 0 heterocycles. The van der Waals surface area contributed by atoms with Gasteiger partial charge in [-0.05, 0) is 0 Å². The summed E-state index contributed by atoms with van der Waals surface area (Å²) in [6, 6.07) is 0. The zero-order chi connectivity index (χ0) is 9.28. The van der Waals surface area contributed by atoms with Crippen molar-refractivity contribution in [1.29, 1.82) is 0 Å². The second-order valence-corrected chi connectivity index (χ2v) is 1.47. The van der Waals surface area contributed by atoms with Gasteiger partial charge in [0, 0.05) is 12.5 Å². The van der Waals surface area contributed by atoms with E-state index in [-0.39, 0.29) is 32.3 Å². The van der Waals surface area contributed by atoms with Crippen molar-refractivity contribution in [3.05, 3.63) is 12.7 Å². The fraction of sp³-hybridized carbons (Fsp3) is 0.429. The average Bonchev–Trinajstić information content (AvgIpc) is 2.04. The molecular formula is C7H14MgO4. The van der Waals surface area contributed by atoms with Gasteiger partial charge in [-0.25, -0.2) is 4.79 Å². The number of rotatable bonds is 2. The Kier molecular flexibility index (Phi) is 19.1. The van der Waals surface area contributed by atoms with Crippen LogP contribution in [0.4, 0.5) is 0 Å². The Hall–Kier alpha value is -0.554. The summed E-state index contributed by atoms with van der Waals surface area (Å²) in [6.07, 6.45) is 1.33. The molecule has 0 rings (SSSR count). The van der Waals surface area contributed by atoms with E-state index < -0.39 is 11.9 Å². The summed E-state index contributed by atoms with van der Waals surface area (Å²) in [6.45, 7) is 4.76. The van der Waals surface area contributed by atoms with Crippen LogP contribution in [-0.4, -0.2) is 47.2 Å². The Morgan fingerprint density at radius 2 is 2.00 bits per heavy atom. The number of ether oxygens (including phenoxy) is 1. The van der Waals surface area contributed by atoms with Crippen LogP contribution in [0.1, 0.15) is 16.2 Å². The number of hydrogen-bond donors (Lipinski definition) is 1. The molecule has 0 aliphatic rings. The van der Waals surface area contributed by atoms with Crippen LogP contribution in [0.15, 0.2) is 12.7 Å². The van der Waals surface area contributed by atoms with E-state index >= 15 is 0 Å². The maximum atomic E-state index is 9.84. The number of aliphatic carboxylic acids is 1. The maximum absolute atomic E-state index is 9.84. The monoisotopic (exact) mass is 186 g/mol. The van der Waals surface area contributed by atoms with Crippen molar-refractivity contribution in [1.82, 2.24) is 0 Å². The van der Waals surface area contributed by atoms with Crippen LogP contribution in [0, 0.1) is 0 Å². The number of carbonyl (C=O) groups is 2. The zero-order valence-corrected chi connectivity index (χ0v) is 8.78. The number of methoxy groups -OCH3 is 1. The molecule has 0 saturated carbocycles. The van der Waals surface area contributed by atoms with Crippen molar-refractivity contribution in [2.75, 3.05) is 7.11 Å². The minimum Gasteiger partial charge on any atom is -1.00 e. The molecule has 0 fully saturated rings. The molecule has 5 heteroatoms. The Morgan fingerprint density at radius 1 is 1.67 bits per heavy atom. The topological polar surface area (TPSA) is 63.6 Å². The summed E-state index contributed by atoms with van der Waals surface area (Å²) >= 11 is 0.